The molecule has 7 nitrogen and oxygen atoms in total. The van der Waals surface area contributed by atoms with Crippen LogP contribution in [-0.2, 0) is 14.3 Å². The second-order valence-electron chi connectivity index (χ2n) is 6.51. The third-order valence-corrected chi connectivity index (χ3v) is 5.23. The summed E-state index contributed by atoms with van der Waals surface area (Å²) in [6.07, 6.45) is 2.85. The predicted octanol–water partition coefficient (Wildman–Crippen LogP) is 0.703. The van der Waals surface area contributed by atoms with Gasteiger partial charge in [-0.2, -0.15) is 0 Å². The molecule has 130 valence electrons. The first-order chi connectivity index (χ1) is 11.9. The highest BCUT2D eigenvalue weighted by atomic mass is 16.5. The summed E-state index contributed by atoms with van der Waals surface area (Å²) < 4.78 is 11.0. The number of nitrogens with zero attached hydrogens (tertiary/aromatic N) is 1. The van der Waals surface area contributed by atoms with Crippen molar-refractivity contribution >= 4 is 23.3 Å². The van der Waals surface area contributed by atoms with Crippen LogP contribution in [0.5, 0.6) is 5.75 Å². The Morgan fingerprint density at radius 3 is 2.76 bits per heavy atom. The molecule has 2 fully saturated rings. The Morgan fingerprint density at radius 1 is 1.36 bits per heavy atom. The van der Waals surface area contributed by atoms with Gasteiger partial charge in [0.15, 0.2) is 5.78 Å². The van der Waals surface area contributed by atoms with E-state index in [2.05, 4.69) is 0 Å². The number of rotatable bonds is 4. The molecule has 0 spiro atoms. The summed E-state index contributed by atoms with van der Waals surface area (Å²) in [4.78, 5) is 38.8. The topological polar surface area (TPSA) is 93.1 Å². The van der Waals surface area contributed by atoms with Crippen molar-refractivity contribution in [1.29, 1.82) is 0 Å². The van der Waals surface area contributed by atoms with Gasteiger partial charge in [-0.25, -0.2) is 4.90 Å². The van der Waals surface area contributed by atoms with Crippen LogP contribution < -0.4 is 9.64 Å². The molecule has 4 atom stereocenters. The maximum atomic E-state index is 13.0. The maximum absolute atomic E-state index is 13.0. The Kier molecular flexibility index (Phi) is 3.35. The maximum Gasteiger partial charge on any atom is 0.241 e. The number of Topliss-reactive ketones (excluding diaryl/α,β-unsaturated/α-hetero) is 1. The van der Waals surface area contributed by atoms with Crippen molar-refractivity contribution in [3.63, 3.8) is 0 Å². The Hall–Kier alpha value is -2.51. The second kappa shape index (κ2) is 5.24. The number of ketones is 1. The lowest BCUT2D eigenvalue weighted by molar-refractivity contribution is -0.128. The van der Waals surface area contributed by atoms with E-state index in [0.29, 0.717) is 11.3 Å². The number of hydrogen-bond donors (Lipinski definition) is 1. The van der Waals surface area contributed by atoms with E-state index in [4.69, 9.17) is 9.47 Å². The quantitative estimate of drug-likeness (QED) is 0.491. The van der Waals surface area contributed by atoms with Crippen LogP contribution in [0.25, 0.3) is 0 Å². The number of benzene rings is 1. The third-order valence-electron chi connectivity index (χ3n) is 5.23. The van der Waals surface area contributed by atoms with Gasteiger partial charge in [0.2, 0.25) is 11.8 Å². The molecule has 1 aromatic rings. The summed E-state index contributed by atoms with van der Waals surface area (Å²) in [5.74, 6) is -2.15. The molecule has 1 aromatic carbocycles. The van der Waals surface area contributed by atoms with Crippen molar-refractivity contribution in [2.75, 3.05) is 18.6 Å². The molecular weight excluding hydrogens is 326 g/mol. The fourth-order valence-corrected chi connectivity index (χ4v) is 4.01. The van der Waals surface area contributed by atoms with Gasteiger partial charge in [-0.1, -0.05) is 12.2 Å². The van der Waals surface area contributed by atoms with E-state index in [0.717, 1.165) is 4.90 Å². The Labute approximate surface area is 143 Å². The highest BCUT2D eigenvalue weighted by Gasteiger charge is 2.67. The number of anilines is 1. The summed E-state index contributed by atoms with van der Waals surface area (Å²) in [6.45, 7) is 1.03. The number of amides is 2. The van der Waals surface area contributed by atoms with Gasteiger partial charge in [0.25, 0.3) is 0 Å². The molecule has 2 saturated heterocycles. The number of aliphatic hydroxyl groups is 1. The van der Waals surface area contributed by atoms with Crippen LogP contribution in [0.15, 0.2) is 30.4 Å². The zero-order valence-electron chi connectivity index (χ0n) is 13.8. The van der Waals surface area contributed by atoms with E-state index < -0.39 is 35.4 Å². The molecule has 3 aliphatic heterocycles. The summed E-state index contributed by atoms with van der Waals surface area (Å²) in [5, 5.41) is 9.74. The summed E-state index contributed by atoms with van der Waals surface area (Å²) >= 11 is 0. The third kappa shape index (κ3) is 1.96. The Balaban J connectivity index is 1.81. The van der Waals surface area contributed by atoms with Gasteiger partial charge in [-0.15, -0.1) is 0 Å². The number of carbonyl (C=O) groups is 3. The van der Waals surface area contributed by atoms with Crippen LogP contribution in [0.1, 0.15) is 17.3 Å². The van der Waals surface area contributed by atoms with Crippen LogP contribution in [0.3, 0.4) is 0 Å². The van der Waals surface area contributed by atoms with Crippen molar-refractivity contribution in [1.82, 2.24) is 0 Å². The van der Waals surface area contributed by atoms with Crippen LogP contribution in [0.2, 0.25) is 0 Å². The molecule has 0 aromatic heterocycles. The molecule has 0 aliphatic carbocycles. The van der Waals surface area contributed by atoms with Gasteiger partial charge in [-0.05, 0) is 25.1 Å². The first kappa shape index (κ1) is 16.0. The molecule has 0 saturated carbocycles. The molecule has 0 radical (unpaired) electrons. The van der Waals surface area contributed by atoms with Crippen molar-refractivity contribution in [3.8, 4) is 5.75 Å². The minimum atomic E-state index is -1.15. The fourth-order valence-electron chi connectivity index (χ4n) is 4.01. The standard InChI is InChI=1S/C18H17NO6/c1-9(21)10-3-4-12(24-2)11(7-10)19-16(22)14-13-5-6-18(8-20,25-13)15(14)17(19)23/h3-7,13-15,20H,8H2,1-2H3/t13-,14+,15-,18+/m0/s1. The fraction of sp³-hybridized carbons (Fsp3) is 0.389. The average molecular weight is 343 g/mol. The Morgan fingerprint density at radius 2 is 2.12 bits per heavy atom. The normalized spacial score (nSPS) is 32.4. The number of imide groups is 1. The number of methoxy groups -OCH3 is 1. The molecule has 0 unspecified atom stereocenters. The molecule has 7 heteroatoms. The summed E-state index contributed by atoms with van der Waals surface area (Å²) in [7, 11) is 1.43. The molecule has 25 heavy (non-hydrogen) atoms. The van der Waals surface area contributed by atoms with E-state index in [1.165, 1.54) is 20.1 Å². The van der Waals surface area contributed by atoms with Gasteiger partial charge < -0.3 is 14.6 Å². The van der Waals surface area contributed by atoms with E-state index in [9.17, 15) is 19.5 Å². The highest BCUT2D eigenvalue weighted by molar-refractivity contribution is 6.24. The smallest absolute Gasteiger partial charge is 0.241 e. The highest BCUT2D eigenvalue weighted by Crippen LogP contribution is 2.53. The monoisotopic (exact) mass is 343 g/mol. The number of carbonyl (C=O) groups excluding carboxylic acids is 3. The van der Waals surface area contributed by atoms with E-state index in [1.807, 2.05) is 0 Å². The van der Waals surface area contributed by atoms with Gasteiger partial charge in [-0.3, -0.25) is 14.4 Å². The van der Waals surface area contributed by atoms with Crippen LogP contribution in [-0.4, -0.2) is 48.1 Å². The van der Waals surface area contributed by atoms with Crippen LogP contribution in [0.4, 0.5) is 5.69 Å². The SMILES string of the molecule is COc1ccc(C(C)=O)cc1N1C(=O)[C@@H]2[C@@H]3C=C[C@](CO)(O3)[C@@H]2C1=O. The zero-order valence-corrected chi connectivity index (χ0v) is 13.8. The largest absolute Gasteiger partial charge is 0.495 e. The van der Waals surface area contributed by atoms with Crippen molar-refractivity contribution < 1.29 is 29.0 Å². The lowest BCUT2D eigenvalue weighted by Crippen LogP contribution is -2.43. The number of fused-ring (bicyclic) bond motifs is 5. The molecule has 1 N–H and O–H groups in total. The molecular formula is C18H17NO6. The summed E-state index contributed by atoms with van der Waals surface area (Å²) in [5.41, 5.74) is -0.530. The lowest BCUT2D eigenvalue weighted by atomic mass is 9.77. The Bertz CT molecular complexity index is 831. The van der Waals surface area contributed by atoms with Crippen molar-refractivity contribution in [2.24, 2.45) is 11.8 Å². The minimum absolute atomic E-state index is 0.180. The molecule has 3 aliphatic rings. The zero-order chi connectivity index (χ0) is 17.9. The molecule has 2 bridgehead atoms. The number of hydrogen-bond acceptors (Lipinski definition) is 6. The van der Waals surface area contributed by atoms with E-state index in [-0.39, 0.29) is 18.1 Å². The van der Waals surface area contributed by atoms with E-state index in [1.54, 1.807) is 24.3 Å². The van der Waals surface area contributed by atoms with Crippen LogP contribution in [0, 0.1) is 11.8 Å². The second-order valence-corrected chi connectivity index (χ2v) is 6.51. The number of ether oxygens (including phenoxy) is 2. The van der Waals surface area contributed by atoms with Gasteiger partial charge in [0, 0.05) is 5.56 Å². The first-order valence-corrected chi connectivity index (χ1v) is 7.98. The van der Waals surface area contributed by atoms with E-state index >= 15 is 0 Å². The minimum Gasteiger partial charge on any atom is -0.495 e. The van der Waals surface area contributed by atoms with Crippen molar-refractivity contribution in [2.45, 2.75) is 18.6 Å². The predicted molar refractivity (Wildman–Crippen MR) is 86.3 cm³/mol. The first-order valence-electron chi connectivity index (χ1n) is 7.98. The van der Waals surface area contributed by atoms with Gasteiger partial charge in [0.1, 0.15) is 11.4 Å². The molecule has 2 amide bonds. The summed E-state index contributed by atoms with van der Waals surface area (Å²) in [6, 6.07) is 4.63. The van der Waals surface area contributed by atoms with Crippen molar-refractivity contribution in [3.05, 3.63) is 35.9 Å². The van der Waals surface area contributed by atoms with Gasteiger partial charge in [0.05, 0.1) is 37.3 Å². The number of aliphatic hydroxyl groups excluding tert-OH is 1. The molecule has 4 rings (SSSR count). The lowest BCUT2D eigenvalue weighted by Gasteiger charge is -2.26. The molecule has 3 heterocycles. The average Bonchev–Trinajstić information content (AvgIpc) is 3.25. The van der Waals surface area contributed by atoms with Gasteiger partial charge >= 0.3 is 0 Å². The van der Waals surface area contributed by atoms with Crippen LogP contribution >= 0.6 is 0 Å².